The lowest BCUT2D eigenvalue weighted by atomic mass is 10.0. The van der Waals surface area contributed by atoms with Crippen LogP contribution in [0.3, 0.4) is 0 Å². The quantitative estimate of drug-likeness (QED) is 0.837. The van der Waals surface area contributed by atoms with Crippen molar-refractivity contribution >= 4 is 11.9 Å². The number of aliphatic carboxylic acids is 1. The highest BCUT2D eigenvalue weighted by Crippen LogP contribution is 2.20. The molecule has 0 unspecified atom stereocenters. The summed E-state index contributed by atoms with van der Waals surface area (Å²) in [6.45, 7) is 2.86. The third kappa shape index (κ3) is 5.44. The zero-order valence-corrected chi connectivity index (χ0v) is 11.5. The first kappa shape index (κ1) is 17.0. The number of carbonyl (C=O) groups is 2. The molecule has 0 aliphatic carbocycles. The van der Waals surface area contributed by atoms with Gasteiger partial charge < -0.3 is 10.4 Å². The van der Waals surface area contributed by atoms with Gasteiger partial charge in [-0.3, -0.25) is 9.48 Å². The lowest BCUT2D eigenvalue weighted by Gasteiger charge is -2.17. The Kier molecular flexibility index (Phi) is 5.34. The Balaban J connectivity index is 2.67. The number of nitrogens with one attached hydrogen (secondary N) is 1. The Bertz CT molecular complexity index is 511. The molecule has 1 aromatic rings. The predicted molar refractivity (Wildman–Crippen MR) is 66.6 cm³/mol. The van der Waals surface area contributed by atoms with Crippen LogP contribution in [0.15, 0.2) is 12.4 Å². The minimum absolute atomic E-state index is 0.0177. The number of carboxylic acid groups (broad SMARTS) is 1. The topological polar surface area (TPSA) is 84.2 Å². The number of amides is 1. The van der Waals surface area contributed by atoms with Crippen molar-refractivity contribution in [1.29, 1.82) is 0 Å². The normalized spacial score (nSPS) is 13.2. The maximum Gasteiger partial charge on any atom is 0.390 e. The second-order valence-corrected chi connectivity index (χ2v) is 4.89. The molecule has 0 aromatic carbocycles. The summed E-state index contributed by atoms with van der Waals surface area (Å²) in [4.78, 5) is 22.8. The van der Waals surface area contributed by atoms with Crippen LogP contribution >= 0.6 is 0 Å². The molecule has 0 aliphatic rings. The minimum atomic E-state index is -4.31. The van der Waals surface area contributed by atoms with Crippen molar-refractivity contribution in [2.75, 3.05) is 0 Å². The van der Waals surface area contributed by atoms with E-state index in [4.69, 9.17) is 5.11 Å². The number of alkyl halides is 3. The van der Waals surface area contributed by atoms with E-state index in [1.807, 2.05) is 0 Å². The van der Waals surface area contributed by atoms with E-state index >= 15 is 0 Å². The molecule has 1 amide bonds. The summed E-state index contributed by atoms with van der Waals surface area (Å²) < 4.78 is 37.2. The average molecular weight is 307 g/mol. The molecule has 0 bridgehead atoms. The van der Waals surface area contributed by atoms with E-state index in [-0.39, 0.29) is 11.5 Å². The Morgan fingerprint density at radius 1 is 1.43 bits per heavy atom. The number of rotatable bonds is 6. The van der Waals surface area contributed by atoms with Crippen LogP contribution in [0.2, 0.25) is 0 Å². The molecule has 9 heteroatoms. The lowest BCUT2D eigenvalue weighted by Crippen LogP contribution is -2.44. The zero-order chi connectivity index (χ0) is 16.2. The number of aryl methyl sites for hydroxylation is 1. The maximum absolute atomic E-state index is 12.1. The molecular formula is C12H16F3N3O3. The van der Waals surface area contributed by atoms with Gasteiger partial charge in [-0.2, -0.15) is 18.3 Å². The van der Waals surface area contributed by atoms with Crippen LogP contribution in [0.1, 0.15) is 30.6 Å². The Labute approximate surface area is 118 Å². The molecule has 118 valence electrons. The van der Waals surface area contributed by atoms with Crippen LogP contribution in [0.4, 0.5) is 13.2 Å². The van der Waals surface area contributed by atoms with Crippen LogP contribution < -0.4 is 5.32 Å². The smallest absolute Gasteiger partial charge is 0.390 e. The molecule has 1 heterocycles. The van der Waals surface area contributed by atoms with Crippen molar-refractivity contribution in [3.8, 4) is 0 Å². The summed E-state index contributed by atoms with van der Waals surface area (Å²) in [5.41, 5.74) is 0.0177. The van der Waals surface area contributed by atoms with E-state index < -0.39 is 37.1 Å². The molecule has 1 rings (SSSR count). The minimum Gasteiger partial charge on any atom is -0.480 e. The maximum atomic E-state index is 12.1. The fourth-order valence-electron chi connectivity index (χ4n) is 1.58. The number of halogens is 3. The van der Waals surface area contributed by atoms with Gasteiger partial charge in [0.25, 0.3) is 5.91 Å². The molecule has 6 nitrogen and oxygen atoms in total. The third-order valence-electron chi connectivity index (χ3n) is 2.74. The predicted octanol–water partition coefficient (Wildman–Crippen LogP) is 1.67. The summed E-state index contributed by atoms with van der Waals surface area (Å²) >= 11 is 0. The van der Waals surface area contributed by atoms with E-state index in [0.717, 1.165) is 17.1 Å². The molecule has 0 aliphatic heterocycles. The van der Waals surface area contributed by atoms with E-state index in [1.165, 1.54) is 0 Å². The fraction of sp³-hybridized carbons (Fsp3) is 0.583. The van der Waals surface area contributed by atoms with Gasteiger partial charge in [0, 0.05) is 12.7 Å². The van der Waals surface area contributed by atoms with Crippen molar-refractivity contribution in [3.05, 3.63) is 18.0 Å². The third-order valence-corrected chi connectivity index (χ3v) is 2.74. The van der Waals surface area contributed by atoms with Crippen LogP contribution in [0.25, 0.3) is 0 Å². The van der Waals surface area contributed by atoms with Crippen LogP contribution in [0.5, 0.6) is 0 Å². The summed E-state index contributed by atoms with van der Waals surface area (Å²) in [6, 6.07) is -1.07. The van der Waals surface area contributed by atoms with Gasteiger partial charge in [-0.05, 0) is 5.92 Å². The molecule has 0 saturated carbocycles. The van der Waals surface area contributed by atoms with Gasteiger partial charge in [-0.25, -0.2) is 4.79 Å². The second kappa shape index (κ2) is 6.59. The number of carboxylic acids is 1. The van der Waals surface area contributed by atoms with E-state index in [9.17, 15) is 22.8 Å². The van der Waals surface area contributed by atoms with Gasteiger partial charge in [0.2, 0.25) is 0 Å². The molecule has 0 spiro atoms. The van der Waals surface area contributed by atoms with Crippen LogP contribution in [-0.2, 0) is 11.3 Å². The van der Waals surface area contributed by atoms with Crippen molar-refractivity contribution < 1.29 is 27.9 Å². The van der Waals surface area contributed by atoms with Crippen LogP contribution in [-0.4, -0.2) is 39.0 Å². The highest BCUT2D eigenvalue weighted by molar-refractivity contribution is 5.96. The number of hydrogen-bond acceptors (Lipinski definition) is 3. The zero-order valence-electron chi connectivity index (χ0n) is 11.5. The largest absolute Gasteiger partial charge is 0.480 e. The lowest BCUT2D eigenvalue weighted by molar-refractivity contribution is -0.140. The number of hydrogen-bond donors (Lipinski definition) is 2. The SMILES string of the molecule is CC(C)[C@@H](NC(=O)c1cnn(CCC(F)(F)F)c1)C(=O)O. The van der Waals surface area contributed by atoms with Crippen molar-refractivity contribution in [2.45, 2.75) is 39.0 Å². The summed E-state index contributed by atoms with van der Waals surface area (Å²) in [7, 11) is 0. The Morgan fingerprint density at radius 2 is 2.05 bits per heavy atom. The highest BCUT2D eigenvalue weighted by atomic mass is 19.4. The first-order chi connectivity index (χ1) is 9.60. The number of nitrogens with zero attached hydrogens (tertiary/aromatic N) is 2. The van der Waals surface area contributed by atoms with E-state index in [1.54, 1.807) is 13.8 Å². The monoisotopic (exact) mass is 307 g/mol. The molecule has 1 aromatic heterocycles. The van der Waals surface area contributed by atoms with Crippen molar-refractivity contribution in [3.63, 3.8) is 0 Å². The molecule has 21 heavy (non-hydrogen) atoms. The van der Waals surface area contributed by atoms with Gasteiger partial charge in [0.15, 0.2) is 0 Å². The Hall–Kier alpha value is -2.06. The summed E-state index contributed by atoms with van der Waals surface area (Å²) in [6.07, 6.45) is -3.11. The van der Waals surface area contributed by atoms with Gasteiger partial charge in [0.1, 0.15) is 6.04 Å². The first-order valence-electron chi connectivity index (χ1n) is 6.23. The first-order valence-corrected chi connectivity index (χ1v) is 6.23. The second-order valence-electron chi connectivity index (χ2n) is 4.89. The molecule has 2 N–H and O–H groups in total. The molecule has 0 radical (unpaired) electrons. The average Bonchev–Trinajstić information content (AvgIpc) is 2.80. The van der Waals surface area contributed by atoms with Gasteiger partial charge in [-0.1, -0.05) is 13.8 Å². The fourth-order valence-corrected chi connectivity index (χ4v) is 1.58. The number of carbonyl (C=O) groups excluding carboxylic acids is 1. The Morgan fingerprint density at radius 3 is 2.52 bits per heavy atom. The highest BCUT2D eigenvalue weighted by Gasteiger charge is 2.27. The van der Waals surface area contributed by atoms with Gasteiger partial charge >= 0.3 is 12.1 Å². The van der Waals surface area contributed by atoms with Crippen molar-refractivity contribution in [1.82, 2.24) is 15.1 Å². The summed E-state index contributed by atoms with van der Waals surface area (Å²) in [5.74, 6) is -2.19. The molecule has 0 fully saturated rings. The van der Waals surface area contributed by atoms with Gasteiger partial charge in [0.05, 0.1) is 18.2 Å². The van der Waals surface area contributed by atoms with Crippen molar-refractivity contribution in [2.24, 2.45) is 5.92 Å². The standard InChI is InChI=1S/C12H16F3N3O3/c1-7(2)9(11(20)21)17-10(19)8-5-16-18(6-8)4-3-12(13,14)15/h5-7,9H,3-4H2,1-2H3,(H,17,19)(H,20,21)/t9-/m1/s1. The van der Waals surface area contributed by atoms with Gasteiger partial charge in [-0.15, -0.1) is 0 Å². The molecule has 1 atom stereocenters. The molecule has 0 saturated heterocycles. The summed E-state index contributed by atoms with van der Waals surface area (Å²) in [5, 5.41) is 14.9. The van der Waals surface area contributed by atoms with E-state index in [0.29, 0.717) is 0 Å². The van der Waals surface area contributed by atoms with E-state index in [2.05, 4.69) is 10.4 Å². The van der Waals surface area contributed by atoms with Crippen LogP contribution in [0, 0.1) is 5.92 Å². The molecular weight excluding hydrogens is 291 g/mol. The number of aromatic nitrogens is 2.